The first kappa shape index (κ1) is 71.2. The van der Waals surface area contributed by atoms with Gasteiger partial charge in [0.25, 0.3) is 7.82 Å². The number of allylic oxidation sites excluding steroid dienone is 21. The number of hydrogen-bond acceptors (Lipinski definition) is 7. The summed E-state index contributed by atoms with van der Waals surface area (Å²) in [6.07, 6.45) is 75.7. The van der Waals surface area contributed by atoms with Crippen LogP contribution in [0.3, 0.4) is 0 Å². The van der Waals surface area contributed by atoms with Gasteiger partial charge < -0.3 is 28.5 Å². The Morgan fingerprint density at radius 1 is 0.480 bits per heavy atom. The summed E-state index contributed by atoms with van der Waals surface area (Å²) in [7, 11) is 1.11. The molecule has 0 aliphatic carbocycles. The van der Waals surface area contributed by atoms with Gasteiger partial charge in [-0.15, -0.1) is 0 Å². The lowest BCUT2D eigenvalue weighted by atomic mass is 10.0. The van der Waals surface area contributed by atoms with Gasteiger partial charge in [0, 0.05) is 12.8 Å². The summed E-state index contributed by atoms with van der Waals surface area (Å²) in [4.78, 5) is 39.9. The van der Waals surface area contributed by atoms with E-state index in [1.807, 2.05) is 27.2 Å². The van der Waals surface area contributed by atoms with Gasteiger partial charge in [0.2, 0.25) is 5.91 Å². The minimum Gasteiger partial charge on any atom is -0.756 e. The molecule has 0 aromatic heterocycles. The zero-order chi connectivity index (χ0) is 55.0. The molecule has 75 heavy (non-hydrogen) atoms. The van der Waals surface area contributed by atoms with Crippen LogP contribution in [0.1, 0.15) is 213 Å². The fraction of sp³-hybridized carbons (Fsp3) is 0.631. The fourth-order valence-electron chi connectivity index (χ4n) is 7.58. The van der Waals surface area contributed by atoms with Crippen molar-refractivity contribution in [3.63, 3.8) is 0 Å². The van der Waals surface area contributed by atoms with E-state index in [1.165, 1.54) is 57.8 Å². The zero-order valence-corrected chi connectivity index (χ0v) is 49.3. The van der Waals surface area contributed by atoms with E-state index in [2.05, 4.69) is 148 Å². The van der Waals surface area contributed by atoms with Gasteiger partial charge in [-0.05, 0) is 115 Å². The molecule has 0 aliphatic heterocycles. The molecule has 0 heterocycles. The largest absolute Gasteiger partial charge is 0.756 e. The molecule has 1 amide bonds. The molecule has 9 nitrogen and oxygen atoms in total. The molecule has 426 valence electrons. The van der Waals surface area contributed by atoms with E-state index in [-0.39, 0.29) is 25.4 Å². The number of carbonyl (C=O) groups excluding carboxylic acids is 2. The van der Waals surface area contributed by atoms with Gasteiger partial charge in [-0.3, -0.25) is 14.2 Å². The molecule has 0 rings (SSSR count). The van der Waals surface area contributed by atoms with Gasteiger partial charge in [0.1, 0.15) is 19.3 Å². The van der Waals surface area contributed by atoms with Crippen LogP contribution in [-0.4, -0.2) is 69.4 Å². The zero-order valence-electron chi connectivity index (χ0n) is 48.4. The van der Waals surface area contributed by atoms with Crippen molar-refractivity contribution in [3.05, 3.63) is 134 Å². The van der Waals surface area contributed by atoms with Crippen molar-refractivity contribution in [2.75, 3.05) is 40.9 Å². The number of ether oxygens (including phenoxy) is 1. The second-order valence-corrected chi connectivity index (χ2v) is 21.8. The number of likely N-dealkylation sites (N-methyl/N-ethyl adjacent to an activating group) is 1. The van der Waals surface area contributed by atoms with Crippen LogP contribution in [0.25, 0.3) is 0 Å². The fourth-order valence-corrected chi connectivity index (χ4v) is 8.30. The number of quaternary nitrogens is 1. The second-order valence-electron chi connectivity index (χ2n) is 20.4. The van der Waals surface area contributed by atoms with E-state index >= 15 is 0 Å². The highest BCUT2D eigenvalue weighted by molar-refractivity contribution is 7.45. The molecule has 0 aromatic rings. The third-order valence-corrected chi connectivity index (χ3v) is 13.0. The molecule has 10 heteroatoms. The van der Waals surface area contributed by atoms with Crippen LogP contribution in [-0.2, 0) is 27.9 Å². The molecule has 0 bridgehead atoms. The van der Waals surface area contributed by atoms with Gasteiger partial charge in [-0.25, -0.2) is 0 Å². The molecule has 0 fully saturated rings. The maximum Gasteiger partial charge on any atom is 0.306 e. The van der Waals surface area contributed by atoms with Crippen molar-refractivity contribution in [1.29, 1.82) is 0 Å². The van der Waals surface area contributed by atoms with Crippen LogP contribution in [0.2, 0.25) is 0 Å². The van der Waals surface area contributed by atoms with Crippen LogP contribution in [0.15, 0.2) is 134 Å². The normalized spacial score (nSPS) is 14.7. The predicted molar refractivity (Wildman–Crippen MR) is 320 cm³/mol. The summed E-state index contributed by atoms with van der Waals surface area (Å²) in [5.74, 6) is -0.658. The van der Waals surface area contributed by atoms with Crippen molar-refractivity contribution in [1.82, 2.24) is 5.32 Å². The van der Waals surface area contributed by atoms with Crippen molar-refractivity contribution in [2.24, 2.45) is 0 Å². The highest BCUT2D eigenvalue weighted by Crippen LogP contribution is 2.38. The predicted octanol–water partition coefficient (Wildman–Crippen LogP) is 17.5. The summed E-state index contributed by atoms with van der Waals surface area (Å²) in [5.41, 5.74) is 0. The van der Waals surface area contributed by atoms with Gasteiger partial charge in [-0.2, -0.15) is 0 Å². The van der Waals surface area contributed by atoms with Gasteiger partial charge in [-0.1, -0.05) is 219 Å². The highest BCUT2D eigenvalue weighted by atomic mass is 31.2. The van der Waals surface area contributed by atoms with E-state index in [1.54, 1.807) is 6.08 Å². The standard InChI is InChI=1S/C65H109N2O7P/c1-7-10-13-16-19-22-25-28-30-32-33-35-36-39-42-45-48-51-54-57-64(68)66-62(61-73-75(70,71)72-60-59-67(4,5)6)63(56-53-50-47-44-41-38-27-24-21-18-15-12-9-3)74-65(69)58-55-52-49-46-43-40-37-34-31-29-26-23-20-17-14-11-8-2/h10-11,13-14,19-20,22-23,28-31,33,35,37,39-40,42,46,49,53,56,62-63H,7-9,12,15-18,21,24-27,32,34,36,38,41,43-45,47-48,50-52,54-55,57-61H2,1-6H3,(H-,66,68,70,71)/b13-10-,14-11-,22-19-,23-20-,30-28-,31-29-,35-33-,40-37-,42-39-,49-46-,56-53+. The van der Waals surface area contributed by atoms with Crippen molar-refractivity contribution >= 4 is 19.7 Å². The monoisotopic (exact) mass is 1060 g/mol. The lowest BCUT2D eigenvalue weighted by Gasteiger charge is -2.30. The first-order valence-corrected chi connectivity index (χ1v) is 31.0. The maximum atomic E-state index is 13.5. The van der Waals surface area contributed by atoms with Gasteiger partial charge >= 0.3 is 5.97 Å². The number of phosphoric acid groups is 1. The number of rotatable bonds is 51. The summed E-state index contributed by atoms with van der Waals surface area (Å²) in [6, 6.07) is -0.938. The van der Waals surface area contributed by atoms with Gasteiger partial charge in [0.15, 0.2) is 0 Å². The molecular formula is C65H109N2O7P. The Morgan fingerprint density at radius 2 is 0.867 bits per heavy atom. The third-order valence-electron chi connectivity index (χ3n) is 12.1. The second kappa shape index (κ2) is 53.5. The number of esters is 1. The number of amides is 1. The Kier molecular flexibility index (Phi) is 50.8. The lowest BCUT2D eigenvalue weighted by molar-refractivity contribution is -0.870. The highest BCUT2D eigenvalue weighted by Gasteiger charge is 2.27. The van der Waals surface area contributed by atoms with E-state index in [9.17, 15) is 19.0 Å². The number of carbonyl (C=O) groups is 2. The SMILES string of the molecule is CC/C=C\C/C=C\C/C=C\C/C=C\C/C=C\CCCCCC(=O)NC(COP(=O)([O-])OCC[N+](C)(C)C)C(/C=C/CCCCCCCCCCCCC)OC(=O)CCC/C=C\C/C=C\C/C=C\C/C=C\C/C=C\CC. The van der Waals surface area contributed by atoms with E-state index in [0.29, 0.717) is 23.9 Å². The molecule has 1 N–H and O–H groups in total. The first-order valence-electron chi connectivity index (χ1n) is 29.5. The minimum absolute atomic E-state index is 0.0455. The Labute approximate surface area is 460 Å². The Balaban J connectivity index is 5.51. The van der Waals surface area contributed by atoms with Crippen LogP contribution < -0.4 is 10.2 Å². The number of nitrogens with zero attached hydrogens (tertiary/aromatic N) is 1. The molecule has 0 saturated heterocycles. The number of phosphoric ester groups is 1. The molecule has 0 spiro atoms. The molecule has 0 aliphatic rings. The first-order chi connectivity index (χ1) is 36.4. The Bertz CT molecular complexity index is 1740. The molecule has 0 saturated carbocycles. The van der Waals surface area contributed by atoms with Crippen LogP contribution in [0.4, 0.5) is 0 Å². The smallest absolute Gasteiger partial charge is 0.306 e. The van der Waals surface area contributed by atoms with Crippen molar-refractivity contribution in [2.45, 2.75) is 226 Å². The quantitative estimate of drug-likeness (QED) is 0.0212. The molecular weight excluding hydrogens is 952 g/mol. The Morgan fingerprint density at radius 3 is 1.31 bits per heavy atom. The maximum absolute atomic E-state index is 13.5. The van der Waals surface area contributed by atoms with Crippen molar-refractivity contribution in [3.8, 4) is 0 Å². The van der Waals surface area contributed by atoms with E-state index in [0.717, 1.165) is 109 Å². The van der Waals surface area contributed by atoms with E-state index < -0.39 is 32.5 Å². The summed E-state index contributed by atoms with van der Waals surface area (Å²) in [5, 5.41) is 2.99. The van der Waals surface area contributed by atoms with Gasteiger partial charge in [0.05, 0.1) is 33.8 Å². The number of hydrogen-bond donors (Lipinski definition) is 1. The average molecular weight is 1060 g/mol. The van der Waals surface area contributed by atoms with Crippen LogP contribution in [0.5, 0.6) is 0 Å². The summed E-state index contributed by atoms with van der Waals surface area (Å²) in [6.45, 7) is 6.52. The summed E-state index contributed by atoms with van der Waals surface area (Å²) < 4.78 is 30.2. The van der Waals surface area contributed by atoms with Crippen LogP contribution in [0, 0.1) is 0 Å². The molecule has 0 radical (unpaired) electrons. The molecule has 3 atom stereocenters. The van der Waals surface area contributed by atoms with Crippen LogP contribution >= 0.6 is 7.82 Å². The average Bonchev–Trinajstić information content (AvgIpc) is 3.37. The number of nitrogens with one attached hydrogen (secondary N) is 1. The van der Waals surface area contributed by atoms with E-state index in [4.69, 9.17) is 13.8 Å². The topological polar surface area (TPSA) is 114 Å². The molecule has 0 aromatic carbocycles. The number of unbranched alkanes of at least 4 members (excludes halogenated alkanes) is 15. The third kappa shape index (κ3) is 54.7. The Hall–Kier alpha value is -3.85. The minimum atomic E-state index is -4.73. The lowest BCUT2D eigenvalue weighted by Crippen LogP contribution is -2.47. The summed E-state index contributed by atoms with van der Waals surface area (Å²) >= 11 is 0. The molecule has 3 unspecified atom stereocenters. The van der Waals surface area contributed by atoms with Crippen molar-refractivity contribution < 1.29 is 37.3 Å².